The number of benzene rings is 1. The lowest BCUT2D eigenvalue weighted by atomic mass is 10.0. The highest BCUT2D eigenvalue weighted by molar-refractivity contribution is 5.85. The largest absolute Gasteiger partial charge is 0.326 e. The van der Waals surface area contributed by atoms with E-state index in [1.165, 1.54) is 6.07 Å². The van der Waals surface area contributed by atoms with Crippen LogP contribution < -0.4 is 5.73 Å². The molecule has 2 nitrogen and oxygen atoms in total. The average Bonchev–Trinajstić information content (AvgIpc) is 2.30. The summed E-state index contributed by atoms with van der Waals surface area (Å²) in [6.07, 6.45) is 3.31. The predicted molar refractivity (Wildman–Crippen MR) is 72.0 cm³/mol. The van der Waals surface area contributed by atoms with Crippen molar-refractivity contribution in [3.8, 4) is 11.1 Å². The van der Waals surface area contributed by atoms with Gasteiger partial charge in [-0.1, -0.05) is 18.2 Å². The van der Waals surface area contributed by atoms with Crippen molar-refractivity contribution >= 4 is 24.8 Å². The normalized spacial score (nSPS) is 9.06. The van der Waals surface area contributed by atoms with Gasteiger partial charge in [-0.05, 0) is 23.3 Å². The van der Waals surface area contributed by atoms with Crippen molar-refractivity contribution < 1.29 is 4.39 Å². The lowest BCUT2D eigenvalue weighted by molar-refractivity contribution is 0.631. The Morgan fingerprint density at radius 2 is 1.76 bits per heavy atom. The van der Waals surface area contributed by atoms with Crippen LogP contribution in [0.4, 0.5) is 4.39 Å². The molecule has 0 bridgehead atoms. The Balaban J connectivity index is 0.00000128. The van der Waals surface area contributed by atoms with Crippen molar-refractivity contribution in [2.75, 3.05) is 0 Å². The molecule has 5 heteroatoms. The Labute approximate surface area is 112 Å². The molecule has 0 spiro atoms. The number of nitrogens with zero attached hydrogens (tertiary/aromatic N) is 1. The highest BCUT2D eigenvalue weighted by atomic mass is 35.5. The fraction of sp³-hybridized carbons (Fsp3) is 0.0833. The van der Waals surface area contributed by atoms with E-state index in [0.29, 0.717) is 12.1 Å². The standard InChI is InChI=1S/C12H11FN2.2ClH/c13-12-4-2-1-3-11(12)10-5-6-15-8-9(10)7-14;;/h1-6,8H,7,14H2;2*1H. The zero-order valence-corrected chi connectivity index (χ0v) is 10.6. The molecule has 0 unspecified atom stereocenters. The number of aromatic nitrogens is 1. The van der Waals surface area contributed by atoms with Crippen molar-refractivity contribution in [3.63, 3.8) is 0 Å². The molecule has 0 saturated heterocycles. The molecule has 0 amide bonds. The van der Waals surface area contributed by atoms with Crippen molar-refractivity contribution in [2.45, 2.75) is 6.54 Å². The van der Waals surface area contributed by atoms with Gasteiger partial charge in [0.05, 0.1) is 0 Å². The molecule has 92 valence electrons. The molecule has 2 N–H and O–H groups in total. The van der Waals surface area contributed by atoms with Crippen LogP contribution in [0, 0.1) is 5.82 Å². The van der Waals surface area contributed by atoms with Crippen LogP contribution in [-0.4, -0.2) is 4.98 Å². The number of halogens is 3. The van der Waals surface area contributed by atoms with E-state index in [0.717, 1.165) is 11.1 Å². The Morgan fingerprint density at radius 1 is 1.06 bits per heavy atom. The zero-order valence-electron chi connectivity index (χ0n) is 8.97. The predicted octanol–water partition coefficient (Wildman–Crippen LogP) is 3.19. The van der Waals surface area contributed by atoms with Gasteiger partial charge in [-0.2, -0.15) is 0 Å². The van der Waals surface area contributed by atoms with Crippen LogP contribution >= 0.6 is 24.8 Å². The minimum atomic E-state index is -0.238. The molecule has 2 rings (SSSR count). The van der Waals surface area contributed by atoms with E-state index in [1.807, 2.05) is 0 Å². The summed E-state index contributed by atoms with van der Waals surface area (Å²) in [6, 6.07) is 8.43. The molecule has 0 radical (unpaired) electrons. The van der Waals surface area contributed by atoms with Crippen LogP contribution in [0.15, 0.2) is 42.7 Å². The molecule has 17 heavy (non-hydrogen) atoms. The van der Waals surface area contributed by atoms with Gasteiger partial charge in [-0.15, -0.1) is 24.8 Å². The minimum absolute atomic E-state index is 0. The first-order chi connectivity index (χ1) is 7.33. The van der Waals surface area contributed by atoms with Crippen molar-refractivity contribution in [2.24, 2.45) is 5.73 Å². The first-order valence-electron chi connectivity index (χ1n) is 4.71. The SMILES string of the molecule is Cl.Cl.NCc1cnccc1-c1ccccc1F. The molecule has 0 aliphatic rings. The van der Waals surface area contributed by atoms with E-state index in [4.69, 9.17) is 5.73 Å². The van der Waals surface area contributed by atoms with Crippen LogP contribution in [0.3, 0.4) is 0 Å². The Bertz CT molecular complexity index is 478. The van der Waals surface area contributed by atoms with Crippen molar-refractivity contribution in [1.82, 2.24) is 4.98 Å². The Kier molecular flexibility index (Phi) is 6.73. The molecule has 1 aromatic carbocycles. The van der Waals surface area contributed by atoms with E-state index in [1.54, 1.807) is 36.7 Å². The van der Waals surface area contributed by atoms with Gasteiger partial charge in [-0.3, -0.25) is 4.98 Å². The highest BCUT2D eigenvalue weighted by Gasteiger charge is 2.07. The first-order valence-corrected chi connectivity index (χ1v) is 4.71. The van der Waals surface area contributed by atoms with Crippen molar-refractivity contribution in [1.29, 1.82) is 0 Å². The lowest BCUT2D eigenvalue weighted by Gasteiger charge is -2.07. The quantitative estimate of drug-likeness (QED) is 0.914. The monoisotopic (exact) mass is 274 g/mol. The fourth-order valence-corrected chi connectivity index (χ4v) is 1.53. The molecule has 0 aliphatic carbocycles. The van der Waals surface area contributed by atoms with E-state index in [9.17, 15) is 4.39 Å². The summed E-state index contributed by atoms with van der Waals surface area (Å²) in [7, 11) is 0. The summed E-state index contributed by atoms with van der Waals surface area (Å²) in [5.74, 6) is -0.238. The molecule has 0 fully saturated rings. The van der Waals surface area contributed by atoms with Gasteiger partial charge < -0.3 is 5.73 Å². The fourth-order valence-electron chi connectivity index (χ4n) is 1.53. The third kappa shape index (κ3) is 3.40. The van der Waals surface area contributed by atoms with Crippen LogP contribution in [-0.2, 0) is 6.54 Å². The molecule has 2 aromatic rings. The van der Waals surface area contributed by atoms with E-state index < -0.39 is 0 Å². The topological polar surface area (TPSA) is 38.9 Å². The molecule has 0 aliphatic heterocycles. The summed E-state index contributed by atoms with van der Waals surface area (Å²) in [4.78, 5) is 3.97. The second-order valence-electron chi connectivity index (χ2n) is 3.22. The van der Waals surface area contributed by atoms with Crippen LogP contribution in [0.2, 0.25) is 0 Å². The van der Waals surface area contributed by atoms with Crippen LogP contribution in [0.1, 0.15) is 5.56 Å². The molecule has 1 aromatic heterocycles. The Morgan fingerprint density at radius 3 is 2.41 bits per heavy atom. The maximum absolute atomic E-state index is 13.5. The van der Waals surface area contributed by atoms with Crippen molar-refractivity contribution in [3.05, 3.63) is 54.1 Å². The number of hydrogen-bond donors (Lipinski definition) is 1. The molecular formula is C12H13Cl2FN2. The van der Waals surface area contributed by atoms with Gasteiger partial charge >= 0.3 is 0 Å². The Hall–Kier alpha value is -1.16. The summed E-state index contributed by atoms with van der Waals surface area (Å²) < 4.78 is 13.5. The van der Waals surface area contributed by atoms with Gasteiger partial charge in [0.25, 0.3) is 0 Å². The highest BCUT2D eigenvalue weighted by Crippen LogP contribution is 2.24. The van der Waals surface area contributed by atoms with E-state index >= 15 is 0 Å². The second kappa shape index (κ2) is 7.22. The number of hydrogen-bond acceptors (Lipinski definition) is 2. The molecule has 1 heterocycles. The molecule has 0 atom stereocenters. The van der Waals surface area contributed by atoms with E-state index in [-0.39, 0.29) is 30.6 Å². The first kappa shape index (κ1) is 15.8. The second-order valence-corrected chi connectivity index (χ2v) is 3.22. The third-order valence-electron chi connectivity index (χ3n) is 2.29. The zero-order chi connectivity index (χ0) is 10.7. The summed E-state index contributed by atoms with van der Waals surface area (Å²) in [6.45, 7) is 0.359. The molecule has 0 saturated carbocycles. The molecular weight excluding hydrogens is 262 g/mol. The smallest absolute Gasteiger partial charge is 0.131 e. The number of rotatable bonds is 2. The van der Waals surface area contributed by atoms with Gasteiger partial charge in [0.1, 0.15) is 5.82 Å². The average molecular weight is 275 g/mol. The number of nitrogens with two attached hydrogens (primary N) is 1. The van der Waals surface area contributed by atoms with Crippen LogP contribution in [0.5, 0.6) is 0 Å². The van der Waals surface area contributed by atoms with Gasteiger partial charge in [0.15, 0.2) is 0 Å². The summed E-state index contributed by atoms with van der Waals surface area (Å²) >= 11 is 0. The van der Waals surface area contributed by atoms with E-state index in [2.05, 4.69) is 4.98 Å². The number of pyridine rings is 1. The van der Waals surface area contributed by atoms with Gasteiger partial charge in [0, 0.05) is 24.5 Å². The third-order valence-corrected chi connectivity index (χ3v) is 2.29. The summed E-state index contributed by atoms with van der Waals surface area (Å²) in [5, 5.41) is 0. The maximum Gasteiger partial charge on any atom is 0.131 e. The summed E-state index contributed by atoms with van der Waals surface area (Å²) in [5.41, 5.74) is 7.81. The van der Waals surface area contributed by atoms with Gasteiger partial charge in [0.2, 0.25) is 0 Å². The lowest BCUT2D eigenvalue weighted by Crippen LogP contribution is -2.00. The van der Waals surface area contributed by atoms with Gasteiger partial charge in [-0.25, -0.2) is 4.39 Å². The maximum atomic E-state index is 13.5. The minimum Gasteiger partial charge on any atom is -0.326 e. The van der Waals surface area contributed by atoms with Crippen LogP contribution in [0.25, 0.3) is 11.1 Å².